The zero-order chi connectivity index (χ0) is 25.6. The summed E-state index contributed by atoms with van der Waals surface area (Å²) >= 11 is 0. The average molecular weight is 508 g/mol. The standard InChI is InChI=1S/C23H34O8P2.Li.H/c1-14-9-16(20(30-32(24,25)26)18(11-14)22(3,4)5)13-17-10-15(2)12-19(23(6,7)8)21(17)31-33(27,28)29;;/h9-12H,13H2,1-8H3,(H2,24,25,26)(H2,27,28,29);;/q;+1;-1. The van der Waals surface area contributed by atoms with Crippen LogP contribution in [-0.4, -0.2) is 19.6 Å². The van der Waals surface area contributed by atoms with Crippen LogP contribution in [0, 0.1) is 13.8 Å². The number of phosphoric acid groups is 2. The van der Waals surface area contributed by atoms with Crippen molar-refractivity contribution >= 4 is 15.6 Å². The summed E-state index contributed by atoms with van der Waals surface area (Å²) in [5, 5.41) is 0. The molecule has 0 fully saturated rings. The van der Waals surface area contributed by atoms with Crippen LogP contribution in [0.15, 0.2) is 24.3 Å². The molecule has 34 heavy (non-hydrogen) atoms. The van der Waals surface area contributed by atoms with E-state index in [2.05, 4.69) is 0 Å². The fourth-order valence-electron chi connectivity index (χ4n) is 3.73. The molecule has 11 heteroatoms. The minimum Gasteiger partial charge on any atom is -1.00 e. The van der Waals surface area contributed by atoms with Gasteiger partial charge in [0.05, 0.1) is 0 Å². The molecule has 0 saturated heterocycles. The smallest absolute Gasteiger partial charge is 1.00 e. The van der Waals surface area contributed by atoms with Crippen molar-refractivity contribution in [2.45, 2.75) is 72.6 Å². The molecule has 2 rings (SSSR count). The van der Waals surface area contributed by atoms with Crippen molar-refractivity contribution in [2.75, 3.05) is 0 Å². The minimum absolute atomic E-state index is 0. The van der Waals surface area contributed by atoms with Gasteiger partial charge in [-0.3, -0.25) is 19.6 Å². The average Bonchev–Trinajstić information content (AvgIpc) is 2.55. The second-order valence-corrected chi connectivity index (χ2v) is 12.8. The third-order valence-electron chi connectivity index (χ3n) is 5.04. The summed E-state index contributed by atoms with van der Waals surface area (Å²) in [6, 6.07) is 7.14. The van der Waals surface area contributed by atoms with E-state index in [0.717, 1.165) is 11.1 Å². The van der Waals surface area contributed by atoms with E-state index < -0.39 is 26.5 Å². The molecule has 8 nitrogen and oxygen atoms in total. The first-order chi connectivity index (χ1) is 14.7. The van der Waals surface area contributed by atoms with E-state index in [1.54, 1.807) is 12.1 Å². The Morgan fingerprint density at radius 2 is 1.00 bits per heavy atom. The van der Waals surface area contributed by atoms with Gasteiger partial charge in [-0.05, 0) is 35.8 Å². The molecule has 0 unspecified atom stereocenters. The Labute approximate surface area is 215 Å². The molecule has 2 aromatic rings. The van der Waals surface area contributed by atoms with Crippen LogP contribution in [0.5, 0.6) is 11.5 Å². The largest absolute Gasteiger partial charge is 1.00 e. The molecule has 0 aromatic heterocycles. The van der Waals surface area contributed by atoms with Crippen LogP contribution in [0.2, 0.25) is 0 Å². The Kier molecular flexibility index (Phi) is 9.57. The van der Waals surface area contributed by atoms with Gasteiger partial charge >= 0.3 is 34.5 Å². The summed E-state index contributed by atoms with van der Waals surface area (Å²) in [5.74, 6) is 0.116. The van der Waals surface area contributed by atoms with Crippen LogP contribution >= 0.6 is 15.6 Å². The Bertz CT molecular complexity index is 1050. The second-order valence-electron chi connectivity index (χ2n) is 10.4. The van der Waals surface area contributed by atoms with Crippen molar-refractivity contribution < 1.29 is 58.0 Å². The monoisotopic (exact) mass is 508 g/mol. The predicted molar refractivity (Wildman–Crippen MR) is 129 cm³/mol. The van der Waals surface area contributed by atoms with Crippen LogP contribution in [-0.2, 0) is 26.4 Å². The Hall–Kier alpha value is -1.06. The molecule has 2 aromatic carbocycles. The topological polar surface area (TPSA) is 134 Å². The molecule has 0 radical (unpaired) electrons. The van der Waals surface area contributed by atoms with E-state index in [-0.39, 0.29) is 38.2 Å². The summed E-state index contributed by atoms with van der Waals surface area (Å²) in [7, 11) is -9.76. The van der Waals surface area contributed by atoms with E-state index in [1.807, 2.05) is 67.5 Å². The summed E-state index contributed by atoms with van der Waals surface area (Å²) in [5.41, 5.74) is 2.92. The number of aryl methyl sites for hydroxylation is 2. The van der Waals surface area contributed by atoms with Crippen molar-refractivity contribution in [1.29, 1.82) is 0 Å². The van der Waals surface area contributed by atoms with Crippen molar-refractivity contribution in [1.82, 2.24) is 0 Å². The van der Waals surface area contributed by atoms with Gasteiger partial charge in [-0.2, -0.15) is 0 Å². The van der Waals surface area contributed by atoms with E-state index in [9.17, 15) is 28.7 Å². The third-order valence-corrected chi connectivity index (χ3v) is 5.88. The number of phosphoric ester groups is 2. The van der Waals surface area contributed by atoms with Crippen molar-refractivity contribution in [3.8, 4) is 11.5 Å². The predicted octanol–water partition coefficient (Wildman–Crippen LogP) is 2.55. The van der Waals surface area contributed by atoms with Crippen LogP contribution < -0.4 is 27.9 Å². The van der Waals surface area contributed by atoms with Gasteiger partial charge in [-0.25, -0.2) is 9.13 Å². The first-order valence-corrected chi connectivity index (χ1v) is 13.5. The van der Waals surface area contributed by atoms with Crippen molar-refractivity contribution in [3.63, 3.8) is 0 Å². The number of hydrogen-bond donors (Lipinski definition) is 4. The zero-order valence-electron chi connectivity index (χ0n) is 22.3. The fraction of sp³-hybridized carbons (Fsp3) is 0.478. The van der Waals surface area contributed by atoms with Gasteiger partial charge in [0.25, 0.3) is 0 Å². The van der Waals surface area contributed by atoms with Crippen LogP contribution in [0.1, 0.15) is 76.3 Å². The molecule has 0 bridgehead atoms. The molecule has 0 aliphatic carbocycles. The molecule has 4 N–H and O–H groups in total. The van der Waals surface area contributed by atoms with Crippen molar-refractivity contribution in [2.24, 2.45) is 0 Å². The summed E-state index contributed by atoms with van der Waals surface area (Å²) in [6.45, 7) is 15.2. The minimum atomic E-state index is -4.88. The molecule has 0 amide bonds. The fourth-order valence-corrected chi connectivity index (χ4v) is 4.64. The quantitative estimate of drug-likeness (QED) is 0.346. The van der Waals surface area contributed by atoms with Crippen LogP contribution in [0.4, 0.5) is 0 Å². The summed E-state index contributed by atoms with van der Waals surface area (Å²) < 4.78 is 33.9. The third kappa shape index (κ3) is 8.55. The van der Waals surface area contributed by atoms with Gasteiger partial charge in [0.1, 0.15) is 11.5 Å². The van der Waals surface area contributed by atoms with Gasteiger partial charge in [-0.15, -0.1) is 0 Å². The van der Waals surface area contributed by atoms with Crippen LogP contribution in [0.25, 0.3) is 0 Å². The van der Waals surface area contributed by atoms with E-state index in [4.69, 9.17) is 9.05 Å². The molecule has 0 heterocycles. The maximum Gasteiger partial charge on any atom is 1.00 e. The van der Waals surface area contributed by atoms with Crippen molar-refractivity contribution in [3.05, 3.63) is 57.6 Å². The van der Waals surface area contributed by atoms with Gasteiger partial charge < -0.3 is 10.5 Å². The molecule has 0 aliphatic rings. The molecular weight excluding hydrogens is 473 g/mol. The van der Waals surface area contributed by atoms with Gasteiger partial charge in [0.2, 0.25) is 0 Å². The van der Waals surface area contributed by atoms with Gasteiger partial charge in [0, 0.05) is 17.5 Å². The number of benzene rings is 2. The first kappa shape index (κ1) is 31.0. The van der Waals surface area contributed by atoms with E-state index in [0.29, 0.717) is 22.3 Å². The molecule has 0 aliphatic heterocycles. The first-order valence-electron chi connectivity index (χ1n) is 10.5. The molecular formula is C23H35LiO8P2. The normalized spacial score (nSPS) is 12.8. The molecule has 0 saturated carbocycles. The Morgan fingerprint density at radius 1 is 0.706 bits per heavy atom. The maximum atomic E-state index is 11.8. The SMILES string of the molecule is Cc1cc(Cc2cc(C)cc(C(C)(C)C)c2OP(=O)(O)O)c(OP(=O)(O)O)c(C(C)(C)C)c1.[H-].[Li+]. The Morgan fingerprint density at radius 3 is 1.24 bits per heavy atom. The summed E-state index contributed by atoms with van der Waals surface area (Å²) in [4.78, 5) is 38.3. The van der Waals surface area contributed by atoms with E-state index >= 15 is 0 Å². The molecule has 0 spiro atoms. The number of rotatable bonds is 6. The van der Waals surface area contributed by atoms with Gasteiger partial charge in [0.15, 0.2) is 0 Å². The maximum absolute atomic E-state index is 11.8. The Balaban J connectivity index is 0.00000578. The molecule has 0 atom stereocenters. The zero-order valence-corrected chi connectivity index (χ0v) is 23.1. The van der Waals surface area contributed by atoms with Gasteiger partial charge in [-0.1, -0.05) is 76.9 Å². The number of hydrogen-bond acceptors (Lipinski definition) is 4. The molecule has 186 valence electrons. The second kappa shape index (κ2) is 10.5. The van der Waals surface area contributed by atoms with E-state index in [1.165, 1.54) is 0 Å². The van der Waals surface area contributed by atoms with Crippen LogP contribution in [0.3, 0.4) is 0 Å². The summed E-state index contributed by atoms with van der Waals surface area (Å²) in [6.07, 6.45) is 0.0835.